The van der Waals surface area contributed by atoms with E-state index in [1.807, 2.05) is 97.4 Å². The molecule has 3 aromatic rings. The zero-order valence-corrected chi connectivity index (χ0v) is 18.7. The first-order valence-corrected chi connectivity index (χ1v) is 10.6. The van der Waals surface area contributed by atoms with E-state index in [9.17, 15) is 4.79 Å². The molecule has 32 heavy (non-hydrogen) atoms. The lowest BCUT2D eigenvalue weighted by Crippen LogP contribution is -2.31. The van der Waals surface area contributed by atoms with Crippen LogP contribution in [0.1, 0.15) is 34.2 Å². The Balaban J connectivity index is 2.10. The molecule has 0 unspecified atom stereocenters. The highest BCUT2D eigenvalue weighted by atomic mass is 16.2. The Hall–Kier alpha value is -3.92. The van der Waals surface area contributed by atoms with Crippen molar-refractivity contribution in [1.82, 2.24) is 14.7 Å². The number of carbonyl (C=O) groups excluding carboxylic acids is 1. The number of allylic oxidation sites excluding steroid dienone is 5. The van der Waals surface area contributed by atoms with Crippen molar-refractivity contribution < 1.29 is 4.79 Å². The van der Waals surface area contributed by atoms with Crippen molar-refractivity contribution in [2.75, 3.05) is 6.54 Å². The Kier molecular flexibility index (Phi) is 7.76. The quantitative estimate of drug-likeness (QED) is 0.306. The second kappa shape index (κ2) is 10.9. The summed E-state index contributed by atoms with van der Waals surface area (Å²) in [5, 5.41) is 4.84. The Labute approximate surface area is 190 Å². The number of carbonyl (C=O) groups is 1. The Bertz CT molecular complexity index is 1140. The van der Waals surface area contributed by atoms with Crippen LogP contribution in [0.25, 0.3) is 11.3 Å². The van der Waals surface area contributed by atoms with Gasteiger partial charge in [0.05, 0.1) is 16.9 Å². The summed E-state index contributed by atoms with van der Waals surface area (Å²) in [5.74, 6) is -0.0658. The lowest BCUT2D eigenvalue weighted by molar-refractivity contribution is 0.0761. The van der Waals surface area contributed by atoms with E-state index in [0.29, 0.717) is 24.3 Å². The van der Waals surface area contributed by atoms with E-state index < -0.39 is 0 Å². The minimum Gasteiger partial charge on any atom is -0.330 e. The third kappa shape index (κ3) is 5.22. The molecule has 3 rings (SSSR count). The van der Waals surface area contributed by atoms with Crippen molar-refractivity contribution >= 4 is 11.5 Å². The molecule has 0 aliphatic heterocycles. The number of hydrogen-bond donors (Lipinski definition) is 0. The van der Waals surface area contributed by atoms with Crippen molar-refractivity contribution in [3.05, 3.63) is 127 Å². The van der Waals surface area contributed by atoms with E-state index in [2.05, 4.69) is 13.2 Å². The molecule has 0 radical (unpaired) electrons. The number of rotatable bonds is 9. The van der Waals surface area contributed by atoms with Gasteiger partial charge < -0.3 is 4.90 Å². The molecule has 0 saturated carbocycles. The van der Waals surface area contributed by atoms with Crippen molar-refractivity contribution in [1.29, 1.82) is 0 Å². The Morgan fingerprint density at radius 3 is 2.31 bits per heavy atom. The third-order valence-electron chi connectivity index (χ3n) is 5.15. The Morgan fingerprint density at radius 1 is 1.03 bits per heavy atom. The van der Waals surface area contributed by atoms with Crippen molar-refractivity contribution in [3.63, 3.8) is 0 Å². The zero-order chi connectivity index (χ0) is 22.9. The van der Waals surface area contributed by atoms with Crippen molar-refractivity contribution in [2.45, 2.75) is 20.4 Å². The average molecular weight is 424 g/mol. The molecule has 1 aromatic heterocycles. The predicted octanol–water partition coefficient (Wildman–Crippen LogP) is 6.15. The number of nitrogens with zero attached hydrogens (tertiary/aromatic N) is 3. The monoisotopic (exact) mass is 423 g/mol. The van der Waals surface area contributed by atoms with Gasteiger partial charge in [-0.3, -0.25) is 4.79 Å². The molecule has 0 bridgehead atoms. The van der Waals surface area contributed by atoms with E-state index in [-0.39, 0.29) is 5.91 Å². The van der Waals surface area contributed by atoms with Crippen molar-refractivity contribution in [3.8, 4) is 5.69 Å². The summed E-state index contributed by atoms with van der Waals surface area (Å²) in [6.07, 6.45) is 9.18. The average Bonchev–Trinajstić information content (AvgIpc) is 3.17. The van der Waals surface area contributed by atoms with Crippen LogP contribution >= 0.6 is 0 Å². The molecule has 0 spiro atoms. The van der Waals surface area contributed by atoms with Crippen LogP contribution in [0.2, 0.25) is 0 Å². The summed E-state index contributed by atoms with van der Waals surface area (Å²) in [6, 6.07) is 19.8. The fourth-order valence-electron chi connectivity index (χ4n) is 3.55. The van der Waals surface area contributed by atoms with Crippen LogP contribution in [0.4, 0.5) is 0 Å². The molecule has 0 atom stereocenters. The number of para-hydroxylation sites is 1. The lowest BCUT2D eigenvalue weighted by Gasteiger charge is -2.22. The standard InChI is InChI=1S/C28H29N3O/c1-5-7-10-15-22(3)27-26(23(4)31(29-27)25-18-13-9-14-19-25)28(32)30(20-6-2)21-24-16-11-8-12-17-24/h5-19H,1-2,20-21H2,3-4H3/b10-7-,22-15+. The highest BCUT2D eigenvalue weighted by Gasteiger charge is 2.26. The number of amides is 1. The number of benzene rings is 2. The van der Waals surface area contributed by atoms with E-state index in [4.69, 9.17) is 5.10 Å². The van der Waals surface area contributed by atoms with Crippen LogP contribution in [0.3, 0.4) is 0 Å². The van der Waals surface area contributed by atoms with E-state index in [1.54, 1.807) is 17.1 Å². The van der Waals surface area contributed by atoms with Gasteiger partial charge in [0.1, 0.15) is 5.69 Å². The summed E-state index contributed by atoms with van der Waals surface area (Å²) in [5.41, 5.74) is 4.97. The van der Waals surface area contributed by atoms with Gasteiger partial charge in [0.25, 0.3) is 5.91 Å². The van der Waals surface area contributed by atoms with Crippen LogP contribution < -0.4 is 0 Å². The molecule has 4 nitrogen and oxygen atoms in total. The second-order valence-corrected chi connectivity index (χ2v) is 7.49. The highest BCUT2D eigenvalue weighted by Crippen LogP contribution is 2.26. The molecule has 4 heteroatoms. The topological polar surface area (TPSA) is 38.1 Å². The maximum Gasteiger partial charge on any atom is 0.258 e. The van der Waals surface area contributed by atoms with Gasteiger partial charge in [-0.1, -0.05) is 85.5 Å². The van der Waals surface area contributed by atoms with Gasteiger partial charge in [0.15, 0.2) is 0 Å². The molecule has 0 aliphatic carbocycles. The largest absolute Gasteiger partial charge is 0.330 e. The van der Waals surface area contributed by atoms with Crippen LogP contribution in [-0.2, 0) is 6.54 Å². The van der Waals surface area contributed by atoms with Crippen LogP contribution in [0.5, 0.6) is 0 Å². The van der Waals surface area contributed by atoms with Crippen molar-refractivity contribution in [2.24, 2.45) is 0 Å². The highest BCUT2D eigenvalue weighted by molar-refractivity contribution is 6.00. The van der Waals surface area contributed by atoms with Crippen LogP contribution in [-0.4, -0.2) is 27.1 Å². The summed E-state index contributed by atoms with van der Waals surface area (Å²) in [7, 11) is 0. The van der Waals surface area contributed by atoms with Gasteiger partial charge in [0.2, 0.25) is 0 Å². The van der Waals surface area contributed by atoms with Gasteiger partial charge in [-0.05, 0) is 37.1 Å². The number of hydrogen-bond acceptors (Lipinski definition) is 2. The van der Waals surface area contributed by atoms with Gasteiger partial charge >= 0.3 is 0 Å². The molecular weight excluding hydrogens is 394 g/mol. The smallest absolute Gasteiger partial charge is 0.258 e. The molecule has 0 fully saturated rings. The van der Waals surface area contributed by atoms with Gasteiger partial charge in [-0.2, -0.15) is 5.10 Å². The molecule has 1 heterocycles. The Morgan fingerprint density at radius 2 is 1.69 bits per heavy atom. The number of aromatic nitrogens is 2. The molecular formula is C28H29N3O. The molecule has 0 N–H and O–H groups in total. The van der Waals surface area contributed by atoms with E-state index in [0.717, 1.165) is 22.5 Å². The first-order valence-electron chi connectivity index (χ1n) is 10.6. The summed E-state index contributed by atoms with van der Waals surface area (Å²) >= 11 is 0. The molecule has 0 aliphatic rings. The summed E-state index contributed by atoms with van der Waals surface area (Å²) < 4.78 is 1.84. The molecule has 0 saturated heterocycles. The zero-order valence-electron chi connectivity index (χ0n) is 18.7. The lowest BCUT2D eigenvalue weighted by atomic mass is 10.0. The second-order valence-electron chi connectivity index (χ2n) is 7.49. The molecule has 1 amide bonds. The fourth-order valence-corrected chi connectivity index (χ4v) is 3.55. The van der Waals surface area contributed by atoms with Gasteiger partial charge in [0, 0.05) is 13.1 Å². The normalized spacial score (nSPS) is 11.5. The van der Waals surface area contributed by atoms with Gasteiger partial charge in [-0.25, -0.2) is 4.68 Å². The first-order chi connectivity index (χ1) is 15.6. The van der Waals surface area contributed by atoms with E-state index >= 15 is 0 Å². The molecule has 2 aromatic carbocycles. The summed E-state index contributed by atoms with van der Waals surface area (Å²) in [4.78, 5) is 15.6. The fraction of sp³-hybridized carbons (Fsp3) is 0.143. The third-order valence-corrected chi connectivity index (χ3v) is 5.15. The van der Waals surface area contributed by atoms with Crippen LogP contribution in [0.15, 0.2) is 104 Å². The predicted molar refractivity (Wildman–Crippen MR) is 133 cm³/mol. The maximum atomic E-state index is 13.8. The SMILES string of the molecule is C=C/C=C\C=C(/C)c1nn(-c2ccccc2)c(C)c1C(=O)N(CC=C)Cc1ccccc1. The maximum absolute atomic E-state index is 13.8. The summed E-state index contributed by atoms with van der Waals surface area (Å²) in [6.45, 7) is 12.4. The minimum absolute atomic E-state index is 0.0658. The van der Waals surface area contributed by atoms with Gasteiger partial charge in [-0.15, -0.1) is 6.58 Å². The van der Waals surface area contributed by atoms with Crippen LogP contribution in [0, 0.1) is 6.92 Å². The first kappa shape index (κ1) is 22.8. The van der Waals surface area contributed by atoms with E-state index in [1.165, 1.54) is 0 Å². The minimum atomic E-state index is -0.0658. The molecule has 162 valence electrons.